The summed E-state index contributed by atoms with van der Waals surface area (Å²) in [6, 6.07) is 0. The van der Waals surface area contributed by atoms with Gasteiger partial charge in [0.2, 0.25) is 0 Å². The van der Waals surface area contributed by atoms with E-state index in [2.05, 4.69) is 5.32 Å². The van der Waals surface area contributed by atoms with Crippen molar-refractivity contribution in [2.24, 2.45) is 0 Å². The predicted octanol–water partition coefficient (Wildman–Crippen LogP) is 1.69. The van der Waals surface area contributed by atoms with Crippen LogP contribution in [0.2, 0.25) is 0 Å². The Labute approximate surface area is 57.6 Å². The molecule has 0 aliphatic heterocycles. The summed E-state index contributed by atoms with van der Waals surface area (Å²) in [5, 5.41) is 2.45. The zero-order valence-corrected chi connectivity index (χ0v) is 5.76. The van der Waals surface area contributed by atoms with Crippen molar-refractivity contribution in [3.8, 4) is 0 Å². The standard InChI is InChI=1S/C6H10F3N/c1-5(2-3-5)10-4-6(7,8)9/h10H,2-4H2,1H3. The molecule has 0 heterocycles. The van der Waals surface area contributed by atoms with E-state index in [1.165, 1.54) is 0 Å². The molecule has 0 radical (unpaired) electrons. The molecule has 0 aromatic rings. The first-order valence-corrected chi connectivity index (χ1v) is 3.23. The Morgan fingerprint density at radius 1 is 1.40 bits per heavy atom. The molecule has 0 atom stereocenters. The maximum absolute atomic E-state index is 11.6. The van der Waals surface area contributed by atoms with Crippen LogP contribution in [0.5, 0.6) is 0 Å². The molecule has 1 aliphatic carbocycles. The van der Waals surface area contributed by atoms with Gasteiger partial charge in [0.25, 0.3) is 0 Å². The predicted molar refractivity (Wildman–Crippen MR) is 31.7 cm³/mol. The summed E-state index contributed by atoms with van der Waals surface area (Å²) >= 11 is 0. The van der Waals surface area contributed by atoms with E-state index in [-0.39, 0.29) is 5.54 Å². The number of hydrogen-bond acceptors (Lipinski definition) is 1. The van der Waals surface area contributed by atoms with Crippen LogP contribution >= 0.6 is 0 Å². The lowest BCUT2D eigenvalue weighted by molar-refractivity contribution is -0.126. The Balaban J connectivity index is 2.17. The smallest absolute Gasteiger partial charge is 0.303 e. The summed E-state index contributed by atoms with van der Waals surface area (Å²) in [4.78, 5) is 0. The average molecular weight is 153 g/mol. The quantitative estimate of drug-likeness (QED) is 0.636. The van der Waals surface area contributed by atoms with E-state index in [0.717, 1.165) is 12.8 Å². The number of rotatable bonds is 2. The second-order valence-corrected chi connectivity index (χ2v) is 3.03. The van der Waals surface area contributed by atoms with E-state index in [0.29, 0.717) is 0 Å². The second kappa shape index (κ2) is 2.12. The van der Waals surface area contributed by atoms with Gasteiger partial charge in [0.05, 0.1) is 6.54 Å². The number of alkyl halides is 3. The monoisotopic (exact) mass is 153 g/mol. The lowest BCUT2D eigenvalue weighted by atomic mass is 10.3. The highest BCUT2D eigenvalue weighted by molar-refractivity contribution is 4.97. The third kappa shape index (κ3) is 2.56. The molecule has 10 heavy (non-hydrogen) atoms. The van der Waals surface area contributed by atoms with Crippen LogP contribution in [-0.4, -0.2) is 18.3 Å². The molecule has 60 valence electrons. The van der Waals surface area contributed by atoms with Crippen LogP contribution < -0.4 is 5.32 Å². The molecular formula is C6H10F3N. The van der Waals surface area contributed by atoms with Crippen molar-refractivity contribution in [2.75, 3.05) is 6.54 Å². The van der Waals surface area contributed by atoms with Crippen LogP contribution in [0.15, 0.2) is 0 Å². The van der Waals surface area contributed by atoms with Crippen LogP contribution in [0.25, 0.3) is 0 Å². The highest BCUT2D eigenvalue weighted by Crippen LogP contribution is 2.34. The van der Waals surface area contributed by atoms with E-state index >= 15 is 0 Å². The topological polar surface area (TPSA) is 12.0 Å². The van der Waals surface area contributed by atoms with Crippen molar-refractivity contribution in [1.29, 1.82) is 0 Å². The molecule has 0 aromatic carbocycles. The molecule has 0 amide bonds. The van der Waals surface area contributed by atoms with E-state index in [1.54, 1.807) is 6.92 Å². The third-order valence-electron chi connectivity index (χ3n) is 1.72. The first-order valence-electron chi connectivity index (χ1n) is 3.23. The minimum Gasteiger partial charge on any atom is -0.303 e. The molecule has 0 bridgehead atoms. The van der Waals surface area contributed by atoms with E-state index < -0.39 is 12.7 Å². The van der Waals surface area contributed by atoms with Gasteiger partial charge in [-0.05, 0) is 19.8 Å². The van der Waals surface area contributed by atoms with Gasteiger partial charge in [-0.15, -0.1) is 0 Å². The van der Waals surface area contributed by atoms with Gasteiger partial charge in [-0.3, -0.25) is 0 Å². The van der Waals surface area contributed by atoms with E-state index in [1.807, 2.05) is 0 Å². The highest BCUT2D eigenvalue weighted by Gasteiger charge is 2.40. The first kappa shape index (κ1) is 7.85. The van der Waals surface area contributed by atoms with E-state index in [4.69, 9.17) is 0 Å². The average Bonchev–Trinajstić information content (AvgIpc) is 2.43. The third-order valence-corrected chi connectivity index (χ3v) is 1.72. The normalized spacial score (nSPS) is 22.8. The van der Waals surface area contributed by atoms with Gasteiger partial charge in [0, 0.05) is 5.54 Å². The van der Waals surface area contributed by atoms with Crippen molar-refractivity contribution < 1.29 is 13.2 Å². The Morgan fingerprint density at radius 3 is 2.20 bits per heavy atom. The molecule has 1 nitrogen and oxygen atoms in total. The number of hydrogen-bond donors (Lipinski definition) is 1. The van der Waals surface area contributed by atoms with Crippen LogP contribution in [-0.2, 0) is 0 Å². The lowest BCUT2D eigenvalue weighted by Gasteiger charge is -2.12. The van der Waals surface area contributed by atoms with Gasteiger partial charge in [-0.25, -0.2) is 0 Å². The molecule has 1 saturated carbocycles. The van der Waals surface area contributed by atoms with Gasteiger partial charge in [0.1, 0.15) is 0 Å². The van der Waals surface area contributed by atoms with Crippen LogP contribution in [0.3, 0.4) is 0 Å². The molecule has 1 fully saturated rings. The Kier molecular flexibility index (Phi) is 1.66. The van der Waals surface area contributed by atoms with Crippen LogP contribution in [0, 0.1) is 0 Å². The molecular weight excluding hydrogens is 143 g/mol. The van der Waals surface area contributed by atoms with Crippen molar-refractivity contribution in [2.45, 2.75) is 31.5 Å². The van der Waals surface area contributed by atoms with Gasteiger partial charge in [-0.1, -0.05) is 0 Å². The second-order valence-electron chi connectivity index (χ2n) is 3.03. The fourth-order valence-corrected chi connectivity index (χ4v) is 0.678. The van der Waals surface area contributed by atoms with Gasteiger partial charge in [-0.2, -0.15) is 13.2 Å². The SMILES string of the molecule is CC1(NCC(F)(F)F)CC1. The molecule has 0 spiro atoms. The summed E-state index contributed by atoms with van der Waals surface area (Å²) < 4.78 is 34.7. The molecule has 4 heteroatoms. The number of halogens is 3. The Hall–Kier alpha value is -0.250. The van der Waals surface area contributed by atoms with Crippen molar-refractivity contribution in [1.82, 2.24) is 5.32 Å². The van der Waals surface area contributed by atoms with Crippen molar-refractivity contribution >= 4 is 0 Å². The minimum absolute atomic E-state index is 0.213. The van der Waals surface area contributed by atoms with Crippen LogP contribution in [0.1, 0.15) is 19.8 Å². The van der Waals surface area contributed by atoms with Crippen molar-refractivity contribution in [3.05, 3.63) is 0 Å². The fourth-order valence-electron chi connectivity index (χ4n) is 0.678. The summed E-state index contributed by atoms with van der Waals surface area (Å²) in [6.07, 6.45) is -2.34. The lowest BCUT2D eigenvalue weighted by Crippen LogP contribution is -2.36. The molecule has 1 N–H and O–H groups in total. The zero-order chi connectivity index (χ0) is 7.83. The molecule has 0 saturated heterocycles. The summed E-state index contributed by atoms with van der Waals surface area (Å²) in [7, 11) is 0. The van der Waals surface area contributed by atoms with Gasteiger partial charge in [0.15, 0.2) is 0 Å². The Bertz CT molecular complexity index is 120. The highest BCUT2D eigenvalue weighted by atomic mass is 19.4. The molecule has 1 aliphatic rings. The zero-order valence-electron chi connectivity index (χ0n) is 5.76. The Morgan fingerprint density at radius 2 is 1.90 bits per heavy atom. The fraction of sp³-hybridized carbons (Fsp3) is 1.00. The molecule has 0 aromatic heterocycles. The maximum atomic E-state index is 11.6. The summed E-state index contributed by atoms with van der Waals surface area (Å²) in [6.45, 7) is 0.947. The van der Waals surface area contributed by atoms with E-state index in [9.17, 15) is 13.2 Å². The summed E-state index contributed by atoms with van der Waals surface area (Å²) in [5.41, 5.74) is -0.213. The summed E-state index contributed by atoms with van der Waals surface area (Å²) in [5.74, 6) is 0. The molecule has 0 unspecified atom stereocenters. The minimum atomic E-state index is -4.06. The largest absolute Gasteiger partial charge is 0.401 e. The number of nitrogens with one attached hydrogen (secondary N) is 1. The van der Waals surface area contributed by atoms with Crippen molar-refractivity contribution in [3.63, 3.8) is 0 Å². The van der Waals surface area contributed by atoms with Crippen LogP contribution in [0.4, 0.5) is 13.2 Å². The van der Waals surface area contributed by atoms with Gasteiger partial charge < -0.3 is 5.32 Å². The van der Waals surface area contributed by atoms with Gasteiger partial charge >= 0.3 is 6.18 Å². The first-order chi connectivity index (χ1) is 4.41. The maximum Gasteiger partial charge on any atom is 0.401 e. The molecule has 1 rings (SSSR count).